The first kappa shape index (κ1) is 18.1. The Hall–Kier alpha value is -2.70. The molecule has 0 fully saturated rings. The van der Waals surface area contributed by atoms with Gasteiger partial charge in [0.1, 0.15) is 6.04 Å². The zero-order valence-electron chi connectivity index (χ0n) is 15.3. The minimum absolute atomic E-state index is 0.130. The van der Waals surface area contributed by atoms with Gasteiger partial charge < -0.3 is 9.84 Å². The number of pyridine rings is 1. The molecule has 1 amide bonds. The van der Waals surface area contributed by atoms with Crippen LogP contribution < -0.4 is 10.1 Å². The summed E-state index contributed by atoms with van der Waals surface area (Å²) in [6.45, 7) is 6.08. The molecule has 6 heteroatoms. The number of fused-ring (bicyclic) bond motifs is 1. The van der Waals surface area contributed by atoms with Gasteiger partial charge in [0.2, 0.25) is 0 Å². The maximum atomic E-state index is 13.0. The molecule has 0 saturated heterocycles. The predicted octanol–water partition coefficient (Wildman–Crippen LogP) is 1.79. The topological polar surface area (TPSA) is 80.4 Å². The van der Waals surface area contributed by atoms with Crippen molar-refractivity contribution >= 4 is 11.6 Å². The van der Waals surface area contributed by atoms with E-state index in [2.05, 4.69) is 4.98 Å². The molecule has 2 heterocycles. The van der Waals surface area contributed by atoms with Crippen molar-refractivity contribution in [3.8, 4) is 5.75 Å². The number of carbonyl (C=O) groups excluding carboxylic acids is 1. The average molecular weight is 354 g/mol. The summed E-state index contributed by atoms with van der Waals surface area (Å²) < 4.78 is 7.46. The molecule has 0 bridgehead atoms. The van der Waals surface area contributed by atoms with Gasteiger partial charge in [-0.1, -0.05) is 30.3 Å². The monoisotopic (exact) mass is 354 g/mol. The van der Waals surface area contributed by atoms with Gasteiger partial charge in [0.25, 0.3) is 0 Å². The molecule has 0 aliphatic heterocycles. The molecule has 2 aromatic heterocycles. The van der Waals surface area contributed by atoms with E-state index >= 15 is 0 Å². The summed E-state index contributed by atoms with van der Waals surface area (Å²) in [6.07, 6.45) is 1.88. The number of nitrogens with zero attached hydrogens (tertiary/aromatic N) is 2. The number of quaternary nitrogens is 1. The van der Waals surface area contributed by atoms with Crippen LogP contribution in [0.5, 0.6) is 5.75 Å². The molecule has 1 atom stereocenters. The maximum Gasteiger partial charge on any atom is 0.362 e. The SMILES string of the molecule is CCOc1cc(C)cn2c(C(=O)[NH2+]C(CO)c3ccccc3)c(C)nc12. The molecular formula is C20H24N3O3+. The number of aryl methyl sites for hydroxylation is 2. The highest BCUT2D eigenvalue weighted by Crippen LogP contribution is 2.24. The van der Waals surface area contributed by atoms with E-state index in [0.29, 0.717) is 29.4 Å². The molecule has 3 N–H and O–H groups in total. The first-order valence-electron chi connectivity index (χ1n) is 8.72. The fourth-order valence-electron chi connectivity index (χ4n) is 3.13. The fourth-order valence-corrected chi connectivity index (χ4v) is 3.13. The van der Waals surface area contributed by atoms with Crippen LogP contribution in [-0.4, -0.2) is 33.6 Å². The lowest BCUT2D eigenvalue weighted by Crippen LogP contribution is -2.89. The molecule has 0 saturated carbocycles. The second-order valence-electron chi connectivity index (χ2n) is 6.28. The number of aliphatic hydroxyl groups is 1. The van der Waals surface area contributed by atoms with Crippen LogP contribution >= 0.6 is 0 Å². The van der Waals surface area contributed by atoms with E-state index in [0.717, 1.165) is 11.1 Å². The van der Waals surface area contributed by atoms with Crippen molar-refractivity contribution in [2.45, 2.75) is 26.8 Å². The van der Waals surface area contributed by atoms with Gasteiger partial charge in [0.05, 0.1) is 18.9 Å². The molecule has 0 aliphatic rings. The number of aromatic nitrogens is 2. The van der Waals surface area contributed by atoms with Gasteiger partial charge in [-0.25, -0.2) is 9.78 Å². The smallest absolute Gasteiger partial charge is 0.362 e. The van der Waals surface area contributed by atoms with Gasteiger partial charge in [0.15, 0.2) is 17.1 Å². The Balaban J connectivity index is 1.99. The van der Waals surface area contributed by atoms with Crippen LogP contribution in [0.2, 0.25) is 0 Å². The van der Waals surface area contributed by atoms with Gasteiger partial charge in [-0.2, -0.15) is 0 Å². The van der Waals surface area contributed by atoms with Crippen molar-refractivity contribution in [3.05, 3.63) is 65.1 Å². The summed E-state index contributed by atoms with van der Waals surface area (Å²) in [5.41, 5.74) is 3.66. The van der Waals surface area contributed by atoms with Crippen LogP contribution in [0.25, 0.3) is 5.65 Å². The van der Waals surface area contributed by atoms with Crippen molar-refractivity contribution in [3.63, 3.8) is 0 Å². The number of imidazole rings is 1. The highest BCUT2D eigenvalue weighted by atomic mass is 16.5. The number of hydrogen-bond donors (Lipinski definition) is 2. The summed E-state index contributed by atoms with van der Waals surface area (Å²) in [7, 11) is 0. The lowest BCUT2D eigenvalue weighted by atomic mass is 10.1. The van der Waals surface area contributed by atoms with E-state index in [4.69, 9.17) is 4.74 Å². The van der Waals surface area contributed by atoms with Crippen LogP contribution in [0, 0.1) is 13.8 Å². The van der Waals surface area contributed by atoms with E-state index < -0.39 is 0 Å². The Labute approximate surface area is 152 Å². The van der Waals surface area contributed by atoms with Crippen LogP contribution in [-0.2, 0) is 0 Å². The van der Waals surface area contributed by atoms with Gasteiger partial charge in [-0.3, -0.25) is 9.72 Å². The molecule has 0 spiro atoms. The highest BCUT2D eigenvalue weighted by Gasteiger charge is 2.26. The zero-order valence-corrected chi connectivity index (χ0v) is 15.3. The van der Waals surface area contributed by atoms with Crippen molar-refractivity contribution in [2.24, 2.45) is 0 Å². The fraction of sp³-hybridized carbons (Fsp3) is 0.300. The lowest BCUT2D eigenvalue weighted by Gasteiger charge is -2.12. The summed E-state index contributed by atoms with van der Waals surface area (Å²) in [4.78, 5) is 17.5. The molecule has 1 aromatic carbocycles. The van der Waals surface area contributed by atoms with E-state index in [1.807, 2.05) is 63.4 Å². The Morgan fingerprint density at radius 2 is 2.04 bits per heavy atom. The number of carbonyl (C=O) groups is 1. The Bertz CT molecular complexity index is 919. The molecule has 3 aromatic rings. The molecule has 136 valence electrons. The largest absolute Gasteiger partial charge is 0.490 e. The zero-order chi connectivity index (χ0) is 18.7. The van der Waals surface area contributed by atoms with Crippen LogP contribution in [0.3, 0.4) is 0 Å². The number of hydrogen-bond acceptors (Lipinski definition) is 4. The van der Waals surface area contributed by atoms with Gasteiger partial charge in [-0.15, -0.1) is 0 Å². The summed E-state index contributed by atoms with van der Waals surface area (Å²) in [5, 5.41) is 11.3. The van der Waals surface area contributed by atoms with E-state index in [9.17, 15) is 9.90 Å². The molecule has 3 rings (SSSR count). The molecule has 0 radical (unpaired) electrons. The van der Waals surface area contributed by atoms with E-state index in [1.54, 1.807) is 9.72 Å². The average Bonchev–Trinajstić information content (AvgIpc) is 2.96. The standard InChI is InChI=1S/C20H23N3O3/c1-4-26-17-10-13(2)11-23-18(14(3)21-19(17)23)20(25)22-16(12-24)15-8-6-5-7-9-15/h5-11,16,24H,4,12H2,1-3H3,(H,22,25)/p+1. The number of nitrogens with two attached hydrogens (primary N) is 1. The van der Waals surface area contributed by atoms with Gasteiger partial charge in [0, 0.05) is 11.8 Å². The van der Waals surface area contributed by atoms with E-state index in [1.165, 1.54) is 0 Å². The van der Waals surface area contributed by atoms with Crippen LogP contribution in [0.15, 0.2) is 42.6 Å². The van der Waals surface area contributed by atoms with Gasteiger partial charge in [-0.05, 0) is 32.4 Å². The number of aliphatic hydroxyl groups excluding tert-OH is 1. The Kier molecular flexibility index (Phi) is 5.35. The van der Waals surface area contributed by atoms with Crippen molar-refractivity contribution in [1.29, 1.82) is 0 Å². The maximum absolute atomic E-state index is 13.0. The van der Waals surface area contributed by atoms with Crippen molar-refractivity contribution in [1.82, 2.24) is 9.38 Å². The second-order valence-corrected chi connectivity index (χ2v) is 6.28. The quantitative estimate of drug-likeness (QED) is 0.707. The first-order valence-corrected chi connectivity index (χ1v) is 8.72. The molecule has 26 heavy (non-hydrogen) atoms. The third kappa shape index (κ3) is 3.47. The number of rotatable bonds is 6. The predicted molar refractivity (Wildman–Crippen MR) is 98.4 cm³/mol. The summed E-state index contributed by atoms with van der Waals surface area (Å²) in [6, 6.07) is 11.1. The van der Waals surface area contributed by atoms with Crippen LogP contribution in [0.1, 0.15) is 40.3 Å². The normalized spacial score (nSPS) is 12.3. The number of benzene rings is 1. The third-order valence-corrected chi connectivity index (χ3v) is 4.31. The molecule has 0 aliphatic carbocycles. The highest BCUT2D eigenvalue weighted by molar-refractivity contribution is 5.88. The number of amides is 1. The Morgan fingerprint density at radius 3 is 2.69 bits per heavy atom. The van der Waals surface area contributed by atoms with Crippen LogP contribution in [0.4, 0.5) is 0 Å². The molecular weight excluding hydrogens is 330 g/mol. The third-order valence-electron chi connectivity index (χ3n) is 4.31. The minimum atomic E-state index is -0.357. The number of primary amides is 1. The summed E-state index contributed by atoms with van der Waals surface area (Å²) in [5.74, 6) is 0.502. The first-order chi connectivity index (χ1) is 12.5. The minimum Gasteiger partial charge on any atom is -0.490 e. The number of ether oxygens (including phenoxy) is 1. The molecule has 1 unspecified atom stereocenters. The van der Waals surface area contributed by atoms with Crippen molar-refractivity contribution in [2.75, 3.05) is 13.2 Å². The lowest BCUT2D eigenvalue weighted by molar-refractivity contribution is -0.604. The summed E-state index contributed by atoms with van der Waals surface area (Å²) >= 11 is 0. The van der Waals surface area contributed by atoms with E-state index in [-0.39, 0.29) is 18.6 Å². The Morgan fingerprint density at radius 1 is 1.31 bits per heavy atom. The second kappa shape index (κ2) is 7.68. The van der Waals surface area contributed by atoms with Gasteiger partial charge >= 0.3 is 5.91 Å². The van der Waals surface area contributed by atoms with Crippen molar-refractivity contribution < 1.29 is 20.0 Å². The molecule has 6 nitrogen and oxygen atoms in total.